The number of nitrogens with zero attached hydrogens (tertiary/aromatic N) is 2. The van der Waals surface area contributed by atoms with Gasteiger partial charge in [0.15, 0.2) is 0 Å². The van der Waals surface area contributed by atoms with Crippen LogP contribution in [0.2, 0.25) is 0 Å². The van der Waals surface area contributed by atoms with Gasteiger partial charge in [0, 0.05) is 44.2 Å². The summed E-state index contributed by atoms with van der Waals surface area (Å²) in [6.45, 7) is 2.03. The number of piperidine rings is 1. The Bertz CT molecular complexity index is 574. The second-order valence-corrected chi connectivity index (χ2v) is 5.87. The minimum Gasteiger partial charge on any atom is -0.475 e. The van der Waals surface area contributed by atoms with Crippen LogP contribution in [0.25, 0.3) is 0 Å². The van der Waals surface area contributed by atoms with E-state index in [1.165, 1.54) is 5.56 Å². The van der Waals surface area contributed by atoms with E-state index in [0.717, 1.165) is 25.9 Å². The van der Waals surface area contributed by atoms with E-state index >= 15 is 0 Å². The van der Waals surface area contributed by atoms with Gasteiger partial charge in [-0.15, -0.1) is 0 Å². The fourth-order valence-corrected chi connectivity index (χ4v) is 3.17. The maximum atomic E-state index is 11.7. The van der Waals surface area contributed by atoms with Crippen LogP contribution in [0, 0.1) is 0 Å². The monoisotopic (exact) mass is 348 g/mol. The second kappa shape index (κ2) is 7.25. The summed E-state index contributed by atoms with van der Waals surface area (Å²) in [5.41, 5.74) is 1.23. The van der Waals surface area contributed by atoms with Crippen LogP contribution in [-0.2, 0) is 16.1 Å². The first-order valence-electron chi connectivity index (χ1n) is 7.51. The minimum atomic E-state index is -5.08. The van der Waals surface area contributed by atoms with E-state index in [0.29, 0.717) is 24.4 Å². The van der Waals surface area contributed by atoms with Gasteiger partial charge in [0.2, 0.25) is 5.91 Å². The van der Waals surface area contributed by atoms with E-state index < -0.39 is 12.1 Å². The number of alkyl halides is 3. The molecule has 2 aliphatic heterocycles. The van der Waals surface area contributed by atoms with Gasteiger partial charge >= 0.3 is 12.1 Å². The Labute approximate surface area is 136 Å². The maximum Gasteiger partial charge on any atom is 0.490 e. The highest BCUT2D eigenvalue weighted by Crippen LogP contribution is 2.31. The van der Waals surface area contributed by atoms with Crippen molar-refractivity contribution >= 4 is 11.9 Å². The molecule has 0 unspecified atom stereocenters. The summed E-state index contributed by atoms with van der Waals surface area (Å²) in [6.07, 6.45) is 1.25. The summed E-state index contributed by atoms with van der Waals surface area (Å²) in [6, 6.07) is 2.97. The number of amides is 1. The molecule has 1 N–H and O–H groups in total. The lowest BCUT2D eigenvalue weighted by atomic mass is 9.97. The molecule has 2 fully saturated rings. The number of furan rings is 1. The van der Waals surface area contributed by atoms with Crippen molar-refractivity contribution < 1.29 is 32.3 Å². The summed E-state index contributed by atoms with van der Waals surface area (Å²) in [5, 5.41) is 7.12. The van der Waals surface area contributed by atoms with Gasteiger partial charge in [-0.3, -0.25) is 9.69 Å². The molecule has 24 heavy (non-hydrogen) atoms. The molecule has 0 saturated carbocycles. The zero-order chi connectivity index (χ0) is 17.9. The molecule has 2 atom stereocenters. The highest BCUT2D eigenvalue weighted by atomic mass is 19.4. The zero-order valence-corrected chi connectivity index (χ0v) is 13.1. The molecule has 1 aromatic heterocycles. The molecule has 2 saturated heterocycles. The van der Waals surface area contributed by atoms with Crippen molar-refractivity contribution in [3.05, 3.63) is 24.2 Å². The maximum absolute atomic E-state index is 11.7. The SMILES string of the molecule is CN1C(=O)CC[C@@H]2[C@H]1CCN2Cc1ccoc1.O=C(O)C(F)(F)F. The molecule has 3 heterocycles. The molecule has 1 aromatic rings. The molecule has 9 heteroatoms. The number of rotatable bonds is 2. The van der Waals surface area contributed by atoms with Crippen LogP contribution in [0.5, 0.6) is 0 Å². The topological polar surface area (TPSA) is 74.0 Å². The quantitative estimate of drug-likeness (QED) is 0.886. The Kier molecular flexibility index (Phi) is 5.53. The number of carbonyl (C=O) groups excluding carboxylic acids is 1. The molecule has 0 radical (unpaired) electrons. The lowest BCUT2D eigenvalue weighted by Gasteiger charge is -2.37. The van der Waals surface area contributed by atoms with Crippen molar-refractivity contribution in [3.63, 3.8) is 0 Å². The number of hydrogen-bond donors (Lipinski definition) is 1. The molecule has 0 aromatic carbocycles. The summed E-state index contributed by atoms with van der Waals surface area (Å²) in [5.74, 6) is -2.45. The number of hydrogen-bond acceptors (Lipinski definition) is 4. The largest absolute Gasteiger partial charge is 0.490 e. The lowest BCUT2D eigenvalue weighted by Crippen LogP contribution is -2.50. The van der Waals surface area contributed by atoms with Gasteiger partial charge in [0.05, 0.1) is 12.5 Å². The summed E-state index contributed by atoms with van der Waals surface area (Å²) < 4.78 is 36.8. The Hall–Kier alpha value is -2.03. The Morgan fingerprint density at radius 3 is 2.58 bits per heavy atom. The first kappa shape index (κ1) is 18.3. The average Bonchev–Trinajstić information content (AvgIpc) is 3.13. The van der Waals surface area contributed by atoms with Crippen molar-refractivity contribution in [2.75, 3.05) is 13.6 Å². The molecule has 0 bridgehead atoms. The van der Waals surface area contributed by atoms with Crippen LogP contribution in [0.15, 0.2) is 23.0 Å². The van der Waals surface area contributed by atoms with E-state index in [1.807, 2.05) is 24.3 Å². The van der Waals surface area contributed by atoms with Gasteiger partial charge in [-0.2, -0.15) is 13.2 Å². The molecule has 0 spiro atoms. The molecule has 3 rings (SSSR count). The molecular weight excluding hydrogens is 329 g/mol. The minimum absolute atomic E-state index is 0.302. The van der Waals surface area contributed by atoms with Gasteiger partial charge in [-0.1, -0.05) is 0 Å². The van der Waals surface area contributed by atoms with Crippen molar-refractivity contribution in [1.29, 1.82) is 0 Å². The van der Waals surface area contributed by atoms with E-state index in [1.54, 1.807) is 6.26 Å². The smallest absolute Gasteiger partial charge is 0.475 e. The van der Waals surface area contributed by atoms with Crippen LogP contribution in [0.1, 0.15) is 24.8 Å². The Balaban J connectivity index is 0.000000256. The fourth-order valence-electron chi connectivity index (χ4n) is 3.17. The van der Waals surface area contributed by atoms with Crippen molar-refractivity contribution in [2.24, 2.45) is 0 Å². The van der Waals surface area contributed by atoms with E-state index in [2.05, 4.69) is 4.90 Å². The number of aliphatic carboxylic acids is 1. The average molecular weight is 348 g/mol. The third-order valence-corrected chi connectivity index (χ3v) is 4.38. The number of likely N-dealkylation sites (N-methyl/N-ethyl adjacent to an activating group) is 1. The van der Waals surface area contributed by atoms with Crippen LogP contribution in [0.3, 0.4) is 0 Å². The highest BCUT2D eigenvalue weighted by Gasteiger charge is 2.41. The van der Waals surface area contributed by atoms with E-state index in [4.69, 9.17) is 14.3 Å². The van der Waals surface area contributed by atoms with Gasteiger partial charge in [-0.05, 0) is 18.9 Å². The summed E-state index contributed by atoms with van der Waals surface area (Å²) in [4.78, 5) is 25.0. The predicted octanol–water partition coefficient (Wildman–Crippen LogP) is 2.11. The molecule has 0 aliphatic carbocycles. The van der Waals surface area contributed by atoms with Gasteiger partial charge in [0.25, 0.3) is 0 Å². The first-order chi connectivity index (χ1) is 11.2. The Morgan fingerprint density at radius 1 is 1.38 bits per heavy atom. The standard InChI is InChI=1S/C13H18N2O2.C2HF3O2/c1-14-11-4-6-15(8-10-5-7-17-9-10)12(11)2-3-13(14)16;3-2(4,5)1(6)7/h5,7,9,11-12H,2-4,6,8H2,1H3;(H,6,7)/t11-,12-;/m1./s1. The number of carbonyl (C=O) groups is 2. The van der Waals surface area contributed by atoms with E-state index in [-0.39, 0.29) is 0 Å². The van der Waals surface area contributed by atoms with Gasteiger partial charge in [0.1, 0.15) is 0 Å². The van der Waals surface area contributed by atoms with Crippen LogP contribution in [-0.4, -0.2) is 58.6 Å². The first-order valence-corrected chi connectivity index (χ1v) is 7.51. The molecule has 2 aliphatic rings. The number of carboxylic acid groups (broad SMARTS) is 1. The molecule has 1 amide bonds. The van der Waals surface area contributed by atoms with Crippen molar-refractivity contribution in [1.82, 2.24) is 9.80 Å². The van der Waals surface area contributed by atoms with Crippen LogP contribution in [0.4, 0.5) is 13.2 Å². The third kappa shape index (κ3) is 4.28. The van der Waals surface area contributed by atoms with E-state index in [9.17, 15) is 18.0 Å². The van der Waals surface area contributed by atoms with Gasteiger partial charge < -0.3 is 14.4 Å². The van der Waals surface area contributed by atoms with Crippen molar-refractivity contribution in [2.45, 2.75) is 44.1 Å². The van der Waals surface area contributed by atoms with Crippen LogP contribution < -0.4 is 0 Å². The predicted molar refractivity (Wildman–Crippen MR) is 77.0 cm³/mol. The Morgan fingerprint density at radius 2 is 2.04 bits per heavy atom. The highest BCUT2D eigenvalue weighted by molar-refractivity contribution is 5.77. The second-order valence-electron chi connectivity index (χ2n) is 5.87. The fraction of sp³-hybridized carbons (Fsp3) is 0.600. The molecule has 134 valence electrons. The van der Waals surface area contributed by atoms with Crippen molar-refractivity contribution in [3.8, 4) is 0 Å². The molecule has 6 nitrogen and oxygen atoms in total. The summed E-state index contributed by atoms with van der Waals surface area (Å²) in [7, 11) is 1.94. The molecular formula is C15H19F3N2O4. The third-order valence-electron chi connectivity index (χ3n) is 4.38. The van der Waals surface area contributed by atoms with Gasteiger partial charge in [-0.25, -0.2) is 4.79 Å². The number of fused-ring (bicyclic) bond motifs is 1. The number of halogens is 3. The normalized spacial score (nSPS) is 24.3. The number of likely N-dealkylation sites (tertiary alicyclic amines) is 2. The van der Waals surface area contributed by atoms with Crippen LogP contribution >= 0.6 is 0 Å². The lowest BCUT2D eigenvalue weighted by molar-refractivity contribution is -0.192. The summed E-state index contributed by atoms with van der Waals surface area (Å²) >= 11 is 0. The number of carboxylic acids is 1. The zero-order valence-electron chi connectivity index (χ0n) is 13.1.